The van der Waals surface area contributed by atoms with Crippen molar-refractivity contribution >= 4 is 10.9 Å². The summed E-state index contributed by atoms with van der Waals surface area (Å²) in [5.74, 6) is 0. The van der Waals surface area contributed by atoms with Crippen LogP contribution in [0.4, 0.5) is 22.0 Å². The van der Waals surface area contributed by atoms with Crippen molar-refractivity contribution in [3.8, 4) is 0 Å². The number of para-hydroxylation sites is 1. The molecule has 0 aliphatic carbocycles. The van der Waals surface area contributed by atoms with Gasteiger partial charge in [-0.15, -0.1) is 0 Å². The highest BCUT2D eigenvalue weighted by molar-refractivity contribution is 5.86. The van der Waals surface area contributed by atoms with E-state index < -0.39 is 41.5 Å². The number of nitrogens with one attached hydrogen (secondary N) is 1. The average molecular weight is 360 g/mol. The van der Waals surface area contributed by atoms with Gasteiger partial charge in [0.15, 0.2) is 0 Å². The fraction of sp³-hybridized carbons (Fsp3) is 0.471. The molecule has 0 saturated carbocycles. The number of hydrogen-bond donors (Lipinski definition) is 2. The minimum absolute atomic E-state index is 0.0285. The predicted molar refractivity (Wildman–Crippen MR) is 82.3 cm³/mol. The lowest BCUT2D eigenvalue weighted by atomic mass is 9.91. The van der Waals surface area contributed by atoms with Gasteiger partial charge >= 0.3 is 6.18 Å². The van der Waals surface area contributed by atoms with Crippen molar-refractivity contribution in [1.82, 2.24) is 10.3 Å². The second-order valence-electron chi connectivity index (χ2n) is 6.14. The maximum absolute atomic E-state index is 13.2. The van der Waals surface area contributed by atoms with Crippen LogP contribution in [-0.2, 0) is 6.18 Å². The number of hydrogen-bond acceptors (Lipinski definition) is 3. The molecule has 0 amide bonds. The third-order valence-corrected chi connectivity index (χ3v) is 4.48. The van der Waals surface area contributed by atoms with Crippen LogP contribution in [0.3, 0.4) is 0 Å². The van der Waals surface area contributed by atoms with Gasteiger partial charge in [-0.05, 0) is 31.0 Å². The first-order valence-corrected chi connectivity index (χ1v) is 7.99. The van der Waals surface area contributed by atoms with Gasteiger partial charge < -0.3 is 10.4 Å². The van der Waals surface area contributed by atoms with Gasteiger partial charge in [-0.25, -0.2) is 13.8 Å². The lowest BCUT2D eigenvalue weighted by Crippen LogP contribution is -2.39. The lowest BCUT2D eigenvalue weighted by Gasteiger charge is -2.29. The van der Waals surface area contributed by atoms with Crippen LogP contribution >= 0.6 is 0 Å². The molecule has 2 N–H and O–H groups in total. The van der Waals surface area contributed by atoms with E-state index in [0.29, 0.717) is 13.0 Å². The van der Waals surface area contributed by atoms with E-state index in [1.54, 1.807) is 0 Å². The molecule has 25 heavy (non-hydrogen) atoms. The Balaban J connectivity index is 2.20. The summed E-state index contributed by atoms with van der Waals surface area (Å²) in [4.78, 5) is 3.42. The largest absolute Gasteiger partial charge is 0.433 e. The van der Waals surface area contributed by atoms with Crippen LogP contribution in [0.5, 0.6) is 0 Å². The normalized spacial score (nSPS) is 20.2. The zero-order valence-corrected chi connectivity index (χ0v) is 13.2. The van der Waals surface area contributed by atoms with E-state index in [0.717, 1.165) is 25.0 Å². The monoisotopic (exact) mass is 360 g/mol. The molecule has 2 unspecified atom stereocenters. The fourth-order valence-corrected chi connectivity index (χ4v) is 3.23. The maximum atomic E-state index is 13.2. The van der Waals surface area contributed by atoms with Crippen molar-refractivity contribution < 1.29 is 27.1 Å². The Bertz CT molecular complexity index is 757. The smallest absolute Gasteiger partial charge is 0.387 e. The highest BCUT2D eigenvalue weighted by atomic mass is 19.4. The van der Waals surface area contributed by atoms with E-state index >= 15 is 0 Å². The minimum atomic E-state index is -4.79. The molecule has 2 aromatic rings. The van der Waals surface area contributed by atoms with Crippen molar-refractivity contribution in [3.05, 3.63) is 41.1 Å². The number of aromatic nitrogens is 1. The topological polar surface area (TPSA) is 45.2 Å². The van der Waals surface area contributed by atoms with Crippen LogP contribution in [0, 0.1) is 0 Å². The van der Waals surface area contributed by atoms with Crippen LogP contribution in [0.15, 0.2) is 24.3 Å². The van der Waals surface area contributed by atoms with Crippen LogP contribution in [-0.4, -0.2) is 22.7 Å². The molecule has 3 rings (SSSR count). The molecule has 1 saturated heterocycles. The Labute approximate surface area is 140 Å². The second kappa shape index (κ2) is 6.84. The fourth-order valence-electron chi connectivity index (χ4n) is 3.23. The molecular formula is C17H17F5N2O. The van der Waals surface area contributed by atoms with Gasteiger partial charge in [0.05, 0.1) is 11.6 Å². The molecule has 1 aromatic heterocycles. The molecule has 0 bridgehead atoms. The van der Waals surface area contributed by atoms with Gasteiger partial charge in [0.25, 0.3) is 6.43 Å². The standard InChI is InChI=1S/C17H17F5N2O/c18-16(19)10-5-3-4-9-11(15(25)12-6-1-2-7-23-12)8-13(17(20,21)22)24-14(9)10/h3-5,8,12,15-16,23,25H,1-2,6-7H2. The minimum Gasteiger partial charge on any atom is -0.387 e. The third-order valence-electron chi connectivity index (χ3n) is 4.48. The van der Waals surface area contributed by atoms with E-state index in [1.165, 1.54) is 12.1 Å². The second-order valence-corrected chi connectivity index (χ2v) is 6.14. The summed E-state index contributed by atoms with van der Waals surface area (Å²) in [6, 6.07) is 4.14. The number of aliphatic hydroxyl groups excluding tert-OH is 1. The number of fused-ring (bicyclic) bond motifs is 1. The van der Waals surface area contributed by atoms with Gasteiger partial charge in [-0.3, -0.25) is 0 Å². The first kappa shape index (κ1) is 18.0. The molecule has 2 heterocycles. The molecule has 2 atom stereocenters. The van der Waals surface area contributed by atoms with Crippen LogP contribution in [0.1, 0.15) is 48.6 Å². The molecule has 1 fully saturated rings. The van der Waals surface area contributed by atoms with Gasteiger partial charge in [-0.2, -0.15) is 13.2 Å². The number of pyridine rings is 1. The Morgan fingerprint density at radius 3 is 2.52 bits per heavy atom. The number of nitrogens with zero attached hydrogens (tertiary/aromatic N) is 1. The third kappa shape index (κ3) is 3.59. The average Bonchev–Trinajstić information content (AvgIpc) is 2.59. The van der Waals surface area contributed by atoms with Gasteiger partial charge in [0.2, 0.25) is 0 Å². The molecule has 1 aliphatic rings. The van der Waals surface area contributed by atoms with Gasteiger partial charge in [-0.1, -0.05) is 24.6 Å². The number of halogens is 5. The Morgan fingerprint density at radius 1 is 1.16 bits per heavy atom. The summed E-state index contributed by atoms with van der Waals surface area (Å²) in [6.45, 7) is 0.652. The number of rotatable bonds is 3. The Morgan fingerprint density at radius 2 is 1.92 bits per heavy atom. The van der Waals surface area contributed by atoms with E-state index in [9.17, 15) is 27.1 Å². The van der Waals surface area contributed by atoms with Crippen molar-refractivity contribution in [3.63, 3.8) is 0 Å². The summed E-state index contributed by atoms with van der Waals surface area (Å²) in [6.07, 6.45) is -6.63. The number of benzene rings is 1. The lowest BCUT2D eigenvalue weighted by molar-refractivity contribution is -0.141. The van der Waals surface area contributed by atoms with Crippen molar-refractivity contribution in [2.24, 2.45) is 0 Å². The number of aliphatic hydroxyl groups is 1. The Kier molecular flexibility index (Phi) is 4.92. The molecule has 1 aromatic carbocycles. The molecule has 0 spiro atoms. The van der Waals surface area contributed by atoms with Crippen LogP contribution < -0.4 is 5.32 Å². The first-order chi connectivity index (χ1) is 11.8. The predicted octanol–water partition coefficient (Wildman–Crippen LogP) is 4.37. The maximum Gasteiger partial charge on any atom is 0.433 e. The zero-order chi connectivity index (χ0) is 18.2. The molecule has 8 heteroatoms. The molecule has 3 nitrogen and oxygen atoms in total. The van der Waals surface area contributed by atoms with Crippen molar-refractivity contribution in [1.29, 1.82) is 0 Å². The summed E-state index contributed by atoms with van der Waals surface area (Å²) < 4.78 is 66.0. The van der Waals surface area contributed by atoms with Crippen LogP contribution in [0.2, 0.25) is 0 Å². The quantitative estimate of drug-likeness (QED) is 0.799. The molecule has 1 aliphatic heterocycles. The highest BCUT2D eigenvalue weighted by Gasteiger charge is 2.35. The molecule has 136 valence electrons. The Hall–Kier alpha value is -1.80. The van der Waals surface area contributed by atoms with E-state index in [2.05, 4.69) is 10.3 Å². The first-order valence-electron chi connectivity index (χ1n) is 7.99. The summed E-state index contributed by atoms with van der Waals surface area (Å²) in [5, 5.41) is 13.8. The molecular weight excluding hydrogens is 343 g/mol. The van der Waals surface area contributed by atoms with Crippen LogP contribution in [0.25, 0.3) is 10.9 Å². The van der Waals surface area contributed by atoms with E-state index in [4.69, 9.17) is 0 Å². The summed E-state index contributed by atoms with van der Waals surface area (Å²) >= 11 is 0. The van der Waals surface area contributed by atoms with Crippen molar-refractivity contribution in [2.45, 2.75) is 44.0 Å². The summed E-state index contributed by atoms with van der Waals surface area (Å²) in [5.41, 5.74) is -2.30. The highest BCUT2D eigenvalue weighted by Crippen LogP contribution is 2.37. The SMILES string of the molecule is OC(c1cc(C(F)(F)F)nc2c(C(F)F)cccc12)C1CCCCN1. The number of alkyl halides is 5. The van der Waals surface area contributed by atoms with Crippen molar-refractivity contribution in [2.75, 3.05) is 6.54 Å². The zero-order valence-electron chi connectivity index (χ0n) is 13.2. The van der Waals surface area contributed by atoms with E-state index in [-0.39, 0.29) is 10.9 Å². The number of piperidine rings is 1. The summed E-state index contributed by atoms with van der Waals surface area (Å²) in [7, 11) is 0. The van der Waals surface area contributed by atoms with E-state index in [1.807, 2.05) is 0 Å². The van der Waals surface area contributed by atoms with Gasteiger partial charge in [0.1, 0.15) is 5.69 Å². The molecule has 0 radical (unpaired) electrons. The van der Waals surface area contributed by atoms with Gasteiger partial charge in [0, 0.05) is 17.0 Å².